The van der Waals surface area contributed by atoms with Gasteiger partial charge in [-0.25, -0.2) is 13.1 Å². The second kappa shape index (κ2) is 7.17. The van der Waals surface area contributed by atoms with Crippen LogP contribution in [0.5, 0.6) is 0 Å². The topological polar surface area (TPSA) is 66.4 Å². The molecule has 0 aliphatic carbocycles. The quantitative estimate of drug-likeness (QED) is 0.620. The first-order valence-corrected chi connectivity index (χ1v) is 7.28. The van der Waals surface area contributed by atoms with Gasteiger partial charge in [-0.1, -0.05) is 31.3 Å². The van der Waals surface area contributed by atoms with Gasteiger partial charge in [0, 0.05) is 12.1 Å². The lowest BCUT2D eigenvalue weighted by molar-refractivity contribution is 0.350. The standard InChI is InChI=1S/C13H17NO3S/c1-2-3-9-14-18(16,17)13-8-4-6-12(11-13)7-5-10-15/h4,6,8,11,14-15H,2-3,9-10H2,1H3. The van der Waals surface area contributed by atoms with Crippen molar-refractivity contribution in [3.05, 3.63) is 29.8 Å². The van der Waals surface area contributed by atoms with Crippen molar-refractivity contribution in [2.24, 2.45) is 0 Å². The van der Waals surface area contributed by atoms with E-state index < -0.39 is 10.0 Å². The summed E-state index contributed by atoms with van der Waals surface area (Å²) in [6, 6.07) is 6.36. The fraction of sp³-hybridized carbons (Fsp3) is 0.385. The monoisotopic (exact) mass is 267 g/mol. The number of hydrogen-bond donors (Lipinski definition) is 2. The second-order valence-corrected chi connectivity index (χ2v) is 5.51. The molecule has 0 aliphatic heterocycles. The summed E-state index contributed by atoms with van der Waals surface area (Å²) in [5.74, 6) is 5.17. The van der Waals surface area contributed by atoms with Crippen LogP contribution in [0.1, 0.15) is 25.3 Å². The maximum Gasteiger partial charge on any atom is 0.240 e. The fourth-order valence-corrected chi connectivity index (χ4v) is 2.47. The van der Waals surface area contributed by atoms with Crippen LogP contribution in [0.2, 0.25) is 0 Å². The molecule has 0 aromatic heterocycles. The van der Waals surface area contributed by atoms with E-state index in [0.29, 0.717) is 12.1 Å². The first kappa shape index (κ1) is 14.7. The van der Waals surface area contributed by atoms with E-state index in [1.807, 2.05) is 6.92 Å². The summed E-state index contributed by atoms with van der Waals surface area (Å²) in [7, 11) is -3.46. The first-order valence-electron chi connectivity index (χ1n) is 5.79. The Balaban J connectivity index is 2.88. The van der Waals surface area contributed by atoms with Gasteiger partial charge in [0.15, 0.2) is 0 Å². The molecule has 0 atom stereocenters. The van der Waals surface area contributed by atoms with Crippen molar-refractivity contribution in [2.75, 3.05) is 13.2 Å². The summed E-state index contributed by atoms with van der Waals surface area (Å²) in [6.07, 6.45) is 1.74. The van der Waals surface area contributed by atoms with Crippen molar-refractivity contribution >= 4 is 10.0 Å². The number of hydrogen-bond acceptors (Lipinski definition) is 3. The zero-order valence-corrected chi connectivity index (χ0v) is 11.1. The number of aliphatic hydroxyl groups excluding tert-OH is 1. The summed E-state index contributed by atoms with van der Waals surface area (Å²) >= 11 is 0. The number of nitrogens with one attached hydrogen (secondary N) is 1. The molecule has 1 aromatic rings. The van der Waals surface area contributed by atoms with E-state index in [0.717, 1.165) is 12.8 Å². The zero-order valence-electron chi connectivity index (χ0n) is 10.3. The molecule has 0 saturated heterocycles. The molecule has 0 radical (unpaired) electrons. The third-order valence-electron chi connectivity index (χ3n) is 2.28. The number of aliphatic hydroxyl groups is 1. The fourth-order valence-electron chi connectivity index (χ4n) is 1.35. The molecule has 0 fully saturated rings. The van der Waals surface area contributed by atoms with Gasteiger partial charge >= 0.3 is 0 Å². The van der Waals surface area contributed by atoms with E-state index in [2.05, 4.69) is 16.6 Å². The van der Waals surface area contributed by atoms with Crippen LogP contribution in [0.3, 0.4) is 0 Å². The van der Waals surface area contributed by atoms with E-state index in [-0.39, 0.29) is 11.5 Å². The Morgan fingerprint density at radius 2 is 2.17 bits per heavy atom. The van der Waals surface area contributed by atoms with Gasteiger partial charge in [-0.15, -0.1) is 0 Å². The van der Waals surface area contributed by atoms with Crippen LogP contribution in [-0.4, -0.2) is 26.7 Å². The maximum atomic E-state index is 11.9. The number of rotatable bonds is 5. The van der Waals surface area contributed by atoms with Crippen LogP contribution in [0.4, 0.5) is 0 Å². The molecule has 0 spiro atoms. The molecule has 4 nitrogen and oxygen atoms in total. The van der Waals surface area contributed by atoms with Crippen LogP contribution in [0.15, 0.2) is 29.2 Å². The van der Waals surface area contributed by atoms with E-state index in [1.165, 1.54) is 12.1 Å². The Hall–Kier alpha value is -1.35. The lowest BCUT2D eigenvalue weighted by Gasteiger charge is -2.06. The molecule has 0 bridgehead atoms. The first-order chi connectivity index (χ1) is 8.60. The molecule has 0 saturated carbocycles. The van der Waals surface area contributed by atoms with Crippen molar-refractivity contribution in [3.8, 4) is 11.8 Å². The molecule has 2 N–H and O–H groups in total. The Bertz CT molecular complexity index is 541. The lowest BCUT2D eigenvalue weighted by Crippen LogP contribution is -2.24. The van der Waals surface area contributed by atoms with Gasteiger partial charge < -0.3 is 5.11 Å². The maximum absolute atomic E-state index is 11.9. The Kier molecular flexibility index (Phi) is 5.86. The van der Waals surface area contributed by atoms with Crippen molar-refractivity contribution < 1.29 is 13.5 Å². The van der Waals surface area contributed by atoms with E-state index in [9.17, 15) is 8.42 Å². The molecule has 18 heavy (non-hydrogen) atoms. The summed E-state index contributed by atoms with van der Waals surface area (Å²) < 4.78 is 26.4. The summed E-state index contributed by atoms with van der Waals surface area (Å²) in [4.78, 5) is 0.198. The molecular formula is C13H17NO3S. The zero-order chi connectivity index (χ0) is 13.4. The van der Waals surface area contributed by atoms with E-state index in [4.69, 9.17) is 5.11 Å². The van der Waals surface area contributed by atoms with Gasteiger partial charge in [0.2, 0.25) is 10.0 Å². The van der Waals surface area contributed by atoms with Gasteiger partial charge in [-0.2, -0.15) is 0 Å². The Labute approximate surface area is 108 Å². The van der Waals surface area contributed by atoms with E-state index in [1.54, 1.807) is 12.1 Å². The smallest absolute Gasteiger partial charge is 0.240 e. The second-order valence-electron chi connectivity index (χ2n) is 3.74. The molecule has 1 aromatic carbocycles. The summed E-state index contributed by atoms with van der Waals surface area (Å²) in [5.41, 5.74) is 0.572. The average molecular weight is 267 g/mol. The highest BCUT2D eigenvalue weighted by atomic mass is 32.2. The van der Waals surface area contributed by atoms with Gasteiger partial charge in [0.1, 0.15) is 6.61 Å². The van der Waals surface area contributed by atoms with Crippen molar-refractivity contribution in [1.82, 2.24) is 4.72 Å². The summed E-state index contributed by atoms with van der Waals surface area (Å²) in [5, 5.41) is 8.60. The van der Waals surface area contributed by atoms with Crippen molar-refractivity contribution in [3.63, 3.8) is 0 Å². The molecular weight excluding hydrogens is 250 g/mol. The SMILES string of the molecule is CCCCNS(=O)(=O)c1cccc(C#CCO)c1. The molecule has 98 valence electrons. The lowest BCUT2D eigenvalue weighted by atomic mass is 10.2. The van der Waals surface area contributed by atoms with E-state index >= 15 is 0 Å². The van der Waals surface area contributed by atoms with Crippen molar-refractivity contribution in [1.29, 1.82) is 0 Å². The van der Waals surface area contributed by atoms with Crippen LogP contribution in [0.25, 0.3) is 0 Å². The minimum atomic E-state index is -3.46. The van der Waals surface area contributed by atoms with Gasteiger partial charge in [-0.05, 0) is 24.6 Å². The molecule has 1 rings (SSSR count). The van der Waals surface area contributed by atoms with Crippen LogP contribution in [-0.2, 0) is 10.0 Å². The normalized spacial score (nSPS) is 10.8. The third kappa shape index (κ3) is 4.49. The minimum Gasteiger partial charge on any atom is -0.384 e. The number of benzene rings is 1. The Morgan fingerprint density at radius 3 is 2.83 bits per heavy atom. The minimum absolute atomic E-state index is 0.198. The molecule has 0 aliphatic rings. The Morgan fingerprint density at radius 1 is 1.39 bits per heavy atom. The largest absolute Gasteiger partial charge is 0.384 e. The predicted octanol–water partition coefficient (Wildman–Crippen LogP) is 1.11. The third-order valence-corrected chi connectivity index (χ3v) is 3.74. The predicted molar refractivity (Wildman–Crippen MR) is 70.5 cm³/mol. The van der Waals surface area contributed by atoms with Crippen LogP contribution in [0, 0.1) is 11.8 Å². The highest BCUT2D eigenvalue weighted by Crippen LogP contribution is 2.10. The van der Waals surface area contributed by atoms with Gasteiger partial charge in [-0.3, -0.25) is 0 Å². The van der Waals surface area contributed by atoms with Crippen molar-refractivity contribution in [2.45, 2.75) is 24.7 Å². The molecule has 0 heterocycles. The molecule has 5 heteroatoms. The molecule has 0 amide bonds. The summed E-state index contributed by atoms with van der Waals surface area (Å²) in [6.45, 7) is 2.19. The molecule has 0 unspecified atom stereocenters. The highest BCUT2D eigenvalue weighted by Gasteiger charge is 2.12. The average Bonchev–Trinajstić information content (AvgIpc) is 2.37. The number of unbranched alkanes of at least 4 members (excludes halogenated alkanes) is 1. The van der Waals surface area contributed by atoms with Crippen LogP contribution < -0.4 is 4.72 Å². The highest BCUT2D eigenvalue weighted by molar-refractivity contribution is 7.89. The van der Waals surface area contributed by atoms with Crippen LogP contribution >= 0.6 is 0 Å². The number of sulfonamides is 1. The van der Waals surface area contributed by atoms with Gasteiger partial charge in [0.05, 0.1) is 4.90 Å². The van der Waals surface area contributed by atoms with Gasteiger partial charge in [0.25, 0.3) is 0 Å².